The number of aliphatic carboxylic acids is 1. The van der Waals surface area contributed by atoms with Crippen molar-refractivity contribution in [2.45, 2.75) is 38.5 Å². The second kappa shape index (κ2) is 7.58. The van der Waals surface area contributed by atoms with Crippen molar-refractivity contribution in [3.63, 3.8) is 0 Å². The van der Waals surface area contributed by atoms with Crippen LogP contribution in [0.4, 0.5) is 0 Å². The third-order valence-electron chi connectivity index (χ3n) is 2.89. The summed E-state index contributed by atoms with van der Waals surface area (Å²) in [5, 5.41) is 18.4. The number of hydrogen-bond acceptors (Lipinski definition) is 3. The number of methoxy groups -OCH3 is 1. The van der Waals surface area contributed by atoms with Crippen molar-refractivity contribution in [3.05, 3.63) is 23.8 Å². The monoisotopic (exact) mass is 252 g/mol. The molecule has 0 amide bonds. The highest BCUT2D eigenvalue weighted by molar-refractivity contribution is 5.66. The van der Waals surface area contributed by atoms with Crippen LogP contribution in [0.25, 0.3) is 0 Å². The van der Waals surface area contributed by atoms with E-state index in [1.54, 1.807) is 6.07 Å². The molecule has 1 rings (SSSR count). The Bertz CT molecular complexity index is 387. The summed E-state index contributed by atoms with van der Waals surface area (Å²) >= 11 is 0. The van der Waals surface area contributed by atoms with Crippen LogP contribution in [0, 0.1) is 0 Å². The molecule has 0 atom stereocenters. The fraction of sp³-hybridized carbons (Fsp3) is 0.500. The summed E-state index contributed by atoms with van der Waals surface area (Å²) in [6.45, 7) is 0. The van der Waals surface area contributed by atoms with Crippen LogP contribution in [0.2, 0.25) is 0 Å². The lowest BCUT2D eigenvalue weighted by Gasteiger charge is -2.08. The Kier molecular flexibility index (Phi) is 6.05. The molecule has 0 radical (unpaired) electrons. The Morgan fingerprint density at radius 3 is 2.61 bits per heavy atom. The smallest absolute Gasteiger partial charge is 0.303 e. The minimum Gasteiger partial charge on any atom is -0.504 e. The van der Waals surface area contributed by atoms with Gasteiger partial charge in [0.05, 0.1) is 7.11 Å². The number of aryl methyl sites for hydroxylation is 1. The van der Waals surface area contributed by atoms with Crippen LogP contribution in [-0.4, -0.2) is 23.3 Å². The number of carboxylic acids is 1. The third kappa shape index (κ3) is 4.65. The van der Waals surface area contributed by atoms with Crippen LogP contribution in [-0.2, 0) is 11.2 Å². The Morgan fingerprint density at radius 2 is 1.94 bits per heavy atom. The van der Waals surface area contributed by atoms with Crippen molar-refractivity contribution in [3.8, 4) is 11.5 Å². The van der Waals surface area contributed by atoms with E-state index in [0.717, 1.165) is 37.7 Å². The van der Waals surface area contributed by atoms with Gasteiger partial charge in [0.1, 0.15) is 0 Å². The second-order valence-corrected chi connectivity index (χ2v) is 4.28. The fourth-order valence-corrected chi connectivity index (χ4v) is 1.88. The van der Waals surface area contributed by atoms with Gasteiger partial charge in [0, 0.05) is 6.42 Å². The van der Waals surface area contributed by atoms with E-state index in [0.29, 0.717) is 5.75 Å². The van der Waals surface area contributed by atoms with Gasteiger partial charge in [-0.05, 0) is 30.9 Å². The zero-order chi connectivity index (χ0) is 13.4. The highest BCUT2D eigenvalue weighted by Gasteiger charge is 2.06. The Balaban J connectivity index is 2.29. The maximum absolute atomic E-state index is 10.3. The molecule has 4 heteroatoms. The van der Waals surface area contributed by atoms with Crippen molar-refractivity contribution in [1.82, 2.24) is 0 Å². The molecule has 0 heterocycles. The molecular weight excluding hydrogens is 232 g/mol. The van der Waals surface area contributed by atoms with E-state index in [2.05, 4.69) is 0 Å². The van der Waals surface area contributed by atoms with Gasteiger partial charge >= 0.3 is 5.97 Å². The minimum absolute atomic E-state index is 0.213. The van der Waals surface area contributed by atoms with Gasteiger partial charge in [-0.25, -0.2) is 0 Å². The number of benzene rings is 1. The highest BCUT2D eigenvalue weighted by Crippen LogP contribution is 2.30. The predicted octanol–water partition coefficient (Wildman–Crippen LogP) is 2.98. The van der Waals surface area contributed by atoms with Crippen LogP contribution in [0.15, 0.2) is 18.2 Å². The first kappa shape index (κ1) is 14.4. The van der Waals surface area contributed by atoms with Crippen molar-refractivity contribution in [1.29, 1.82) is 0 Å². The molecule has 1 aromatic carbocycles. The Labute approximate surface area is 107 Å². The summed E-state index contributed by atoms with van der Waals surface area (Å²) in [7, 11) is 1.53. The average molecular weight is 252 g/mol. The normalized spacial score (nSPS) is 10.3. The van der Waals surface area contributed by atoms with E-state index in [1.807, 2.05) is 12.1 Å². The molecule has 0 unspecified atom stereocenters. The van der Waals surface area contributed by atoms with E-state index in [9.17, 15) is 9.90 Å². The number of carboxylic acid groups (broad SMARTS) is 1. The fourth-order valence-electron chi connectivity index (χ4n) is 1.88. The summed E-state index contributed by atoms with van der Waals surface area (Å²) in [5.41, 5.74) is 0.882. The lowest BCUT2D eigenvalue weighted by Crippen LogP contribution is -1.94. The Morgan fingerprint density at radius 1 is 1.22 bits per heavy atom. The van der Waals surface area contributed by atoms with Crippen molar-refractivity contribution < 1.29 is 19.7 Å². The van der Waals surface area contributed by atoms with E-state index in [4.69, 9.17) is 9.84 Å². The highest BCUT2D eigenvalue weighted by atomic mass is 16.5. The lowest BCUT2D eigenvalue weighted by molar-refractivity contribution is -0.137. The van der Waals surface area contributed by atoms with E-state index in [1.165, 1.54) is 7.11 Å². The molecule has 0 saturated heterocycles. The number of phenolic OH excluding ortho intramolecular Hbond substituents is 1. The molecule has 100 valence electrons. The van der Waals surface area contributed by atoms with Crippen LogP contribution in [0.5, 0.6) is 11.5 Å². The molecule has 1 aromatic rings. The summed E-state index contributed by atoms with van der Waals surface area (Å²) in [6.07, 6.45) is 4.58. The van der Waals surface area contributed by atoms with Crippen molar-refractivity contribution in [2.75, 3.05) is 7.11 Å². The zero-order valence-electron chi connectivity index (χ0n) is 10.7. The van der Waals surface area contributed by atoms with Crippen LogP contribution in [0.1, 0.15) is 37.7 Å². The van der Waals surface area contributed by atoms with Gasteiger partial charge in [0.2, 0.25) is 0 Å². The number of rotatable bonds is 8. The summed E-state index contributed by atoms with van der Waals surface area (Å²) in [4.78, 5) is 10.3. The van der Waals surface area contributed by atoms with Crippen molar-refractivity contribution >= 4 is 5.97 Å². The van der Waals surface area contributed by atoms with Crippen LogP contribution in [0.3, 0.4) is 0 Å². The van der Waals surface area contributed by atoms with Gasteiger partial charge in [-0.2, -0.15) is 0 Å². The SMILES string of the molecule is COc1cccc(CCCCCCC(=O)O)c1O. The molecule has 2 N–H and O–H groups in total. The number of phenols is 1. The zero-order valence-corrected chi connectivity index (χ0v) is 10.7. The first-order chi connectivity index (χ1) is 8.65. The maximum Gasteiger partial charge on any atom is 0.303 e. The molecule has 0 aliphatic carbocycles. The van der Waals surface area contributed by atoms with Gasteiger partial charge in [-0.1, -0.05) is 25.0 Å². The standard InChI is InChI=1S/C14H20O4/c1-18-12-9-6-8-11(14(12)17)7-4-2-3-5-10-13(15)16/h6,8-9,17H,2-5,7,10H2,1H3,(H,15,16). The predicted molar refractivity (Wildman–Crippen MR) is 69.1 cm³/mol. The maximum atomic E-state index is 10.3. The quantitative estimate of drug-likeness (QED) is 0.698. The van der Waals surface area contributed by atoms with Gasteiger partial charge in [0.15, 0.2) is 11.5 Å². The largest absolute Gasteiger partial charge is 0.504 e. The topological polar surface area (TPSA) is 66.8 Å². The first-order valence-electron chi connectivity index (χ1n) is 6.21. The van der Waals surface area contributed by atoms with Crippen LogP contribution >= 0.6 is 0 Å². The van der Waals surface area contributed by atoms with Crippen LogP contribution < -0.4 is 4.74 Å². The van der Waals surface area contributed by atoms with Gasteiger partial charge < -0.3 is 14.9 Å². The second-order valence-electron chi connectivity index (χ2n) is 4.28. The molecule has 18 heavy (non-hydrogen) atoms. The average Bonchev–Trinajstić information content (AvgIpc) is 2.35. The van der Waals surface area contributed by atoms with E-state index >= 15 is 0 Å². The molecule has 4 nitrogen and oxygen atoms in total. The van der Waals surface area contributed by atoms with Gasteiger partial charge in [0.25, 0.3) is 0 Å². The summed E-state index contributed by atoms with van der Waals surface area (Å²) in [5.74, 6) is -0.0237. The molecule has 0 spiro atoms. The number of para-hydroxylation sites is 1. The summed E-state index contributed by atoms with van der Waals surface area (Å²) in [6, 6.07) is 5.47. The molecule has 0 saturated carbocycles. The third-order valence-corrected chi connectivity index (χ3v) is 2.89. The minimum atomic E-state index is -0.736. The Hall–Kier alpha value is -1.71. The molecular formula is C14H20O4. The number of unbranched alkanes of at least 4 members (excludes halogenated alkanes) is 3. The first-order valence-corrected chi connectivity index (χ1v) is 6.21. The number of hydrogen-bond donors (Lipinski definition) is 2. The summed E-state index contributed by atoms with van der Waals surface area (Å²) < 4.78 is 5.04. The molecule has 0 aromatic heterocycles. The van der Waals surface area contributed by atoms with Gasteiger partial charge in [-0.3, -0.25) is 4.79 Å². The number of ether oxygens (including phenoxy) is 1. The number of aromatic hydroxyl groups is 1. The van der Waals surface area contributed by atoms with Crippen molar-refractivity contribution in [2.24, 2.45) is 0 Å². The molecule has 0 aliphatic heterocycles. The van der Waals surface area contributed by atoms with Gasteiger partial charge in [-0.15, -0.1) is 0 Å². The molecule has 0 bridgehead atoms. The molecule has 0 fully saturated rings. The van der Waals surface area contributed by atoms with E-state index in [-0.39, 0.29) is 12.2 Å². The number of carbonyl (C=O) groups is 1. The van der Waals surface area contributed by atoms with E-state index < -0.39 is 5.97 Å². The molecule has 0 aliphatic rings. The lowest BCUT2D eigenvalue weighted by atomic mass is 10.0.